The number of rotatable bonds is 3. The Morgan fingerprint density at radius 1 is 1.00 bits per heavy atom. The van der Waals surface area contributed by atoms with E-state index < -0.39 is 8.60 Å². The minimum Gasteiger partial charge on any atom is -0.426 e. The second-order valence-corrected chi connectivity index (χ2v) is 8.20. The van der Waals surface area contributed by atoms with E-state index in [1.54, 1.807) is 0 Å². The van der Waals surface area contributed by atoms with Gasteiger partial charge < -0.3 is 13.9 Å². The summed E-state index contributed by atoms with van der Waals surface area (Å²) in [6.45, 7) is 15.0. The molecule has 0 heterocycles. The topological polar surface area (TPSA) is 38.7 Å². The zero-order chi connectivity index (χ0) is 15.7. The Morgan fingerprint density at radius 2 is 1.55 bits per heavy atom. The van der Waals surface area contributed by atoms with Crippen molar-refractivity contribution in [1.82, 2.24) is 0 Å². The lowest BCUT2D eigenvalue weighted by atomic mass is 9.79. The largest absolute Gasteiger partial charge is 0.426 e. The van der Waals surface area contributed by atoms with Gasteiger partial charge in [0, 0.05) is 12.7 Å². The van der Waals surface area contributed by atoms with Crippen LogP contribution in [-0.4, -0.2) is 12.0 Å². The molecule has 0 saturated heterocycles. The molecule has 1 aromatic rings. The van der Waals surface area contributed by atoms with Crippen molar-refractivity contribution in [3.8, 4) is 5.75 Å². The first-order valence-electron chi connectivity index (χ1n) is 6.83. The summed E-state index contributed by atoms with van der Waals surface area (Å²) in [5.74, 6) is 0.737. The summed E-state index contributed by atoms with van der Waals surface area (Å²) in [5, 5.41) is 0. The van der Waals surface area contributed by atoms with Crippen molar-refractivity contribution in [2.45, 2.75) is 59.3 Å². The van der Waals surface area contributed by atoms with Crippen LogP contribution in [0.1, 0.15) is 58.2 Å². The molecule has 0 aliphatic heterocycles. The Morgan fingerprint density at radius 3 is 1.95 bits per heavy atom. The molecule has 0 radical (unpaired) electrons. The quantitative estimate of drug-likeness (QED) is 0.812. The normalized spacial score (nSPS) is 14.2. The van der Waals surface area contributed by atoms with E-state index in [9.17, 15) is 4.89 Å². The molecular weight excluding hydrogens is 271 g/mol. The zero-order valence-corrected chi connectivity index (χ0v) is 14.8. The molecule has 0 bridgehead atoms. The molecule has 20 heavy (non-hydrogen) atoms. The smallest absolute Gasteiger partial charge is 0.394 e. The molecule has 0 aromatic heterocycles. The molecule has 4 heteroatoms. The molecule has 0 aliphatic rings. The van der Waals surface area contributed by atoms with Crippen LogP contribution in [0.15, 0.2) is 12.1 Å². The SMILES string of the molecule is COP(O)Oc1c(C)cc(C(C)(C)C)cc1C(C)(C)C. The summed E-state index contributed by atoms with van der Waals surface area (Å²) in [4.78, 5) is 9.68. The van der Waals surface area contributed by atoms with Crippen molar-refractivity contribution in [2.75, 3.05) is 7.11 Å². The summed E-state index contributed by atoms with van der Waals surface area (Å²) in [7, 11) is -0.426. The number of benzene rings is 1. The third-order valence-electron chi connectivity index (χ3n) is 3.27. The summed E-state index contributed by atoms with van der Waals surface area (Å²) >= 11 is 0. The fourth-order valence-corrected chi connectivity index (χ4v) is 2.47. The predicted molar refractivity (Wildman–Crippen MR) is 85.4 cm³/mol. The van der Waals surface area contributed by atoms with Gasteiger partial charge in [0.05, 0.1) is 0 Å². The molecule has 1 unspecified atom stereocenters. The molecule has 1 rings (SSSR count). The Labute approximate surface area is 124 Å². The Kier molecular flexibility index (Phi) is 5.23. The molecule has 1 N–H and O–H groups in total. The van der Waals surface area contributed by atoms with Crippen LogP contribution < -0.4 is 4.52 Å². The van der Waals surface area contributed by atoms with Crippen molar-refractivity contribution in [3.05, 3.63) is 28.8 Å². The minimum atomic E-state index is -1.87. The molecule has 0 spiro atoms. The average Bonchev–Trinajstić information content (AvgIpc) is 2.28. The van der Waals surface area contributed by atoms with Crippen LogP contribution in [0, 0.1) is 6.92 Å². The fourth-order valence-electron chi connectivity index (χ4n) is 2.00. The van der Waals surface area contributed by atoms with Crippen molar-refractivity contribution in [2.24, 2.45) is 0 Å². The Bertz CT molecular complexity index is 470. The van der Waals surface area contributed by atoms with E-state index in [1.165, 1.54) is 12.7 Å². The highest BCUT2D eigenvalue weighted by molar-refractivity contribution is 7.41. The van der Waals surface area contributed by atoms with Gasteiger partial charge in [-0.05, 0) is 28.9 Å². The highest BCUT2D eigenvalue weighted by Crippen LogP contribution is 2.43. The molecule has 0 amide bonds. The summed E-state index contributed by atoms with van der Waals surface area (Å²) in [6.07, 6.45) is 0. The maximum Gasteiger partial charge on any atom is 0.394 e. The lowest BCUT2D eigenvalue weighted by molar-refractivity contribution is 0.313. The van der Waals surface area contributed by atoms with E-state index in [4.69, 9.17) is 9.05 Å². The predicted octanol–water partition coefficient (Wildman–Crippen LogP) is 4.83. The number of aryl methyl sites for hydroxylation is 1. The van der Waals surface area contributed by atoms with Gasteiger partial charge in [-0.25, -0.2) is 0 Å². The van der Waals surface area contributed by atoms with Gasteiger partial charge in [0.15, 0.2) is 0 Å². The van der Waals surface area contributed by atoms with Gasteiger partial charge in [-0.15, -0.1) is 0 Å². The Balaban J connectivity index is 3.44. The standard InChI is InChI=1S/C16H27O3P/c1-11-9-12(15(2,3)4)10-13(16(5,6)7)14(11)19-20(17)18-8/h9-10,17H,1-8H3. The van der Waals surface area contributed by atoms with Crippen LogP contribution in [0.4, 0.5) is 0 Å². The Hall–Kier alpha value is -0.630. The van der Waals surface area contributed by atoms with Gasteiger partial charge in [0.2, 0.25) is 0 Å². The zero-order valence-electron chi connectivity index (χ0n) is 13.9. The monoisotopic (exact) mass is 298 g/mol. The molecule has 0 saturated carbocycles. The van der Waals surface area contributed by atoms with Crippen molar-refractivity contribution < 1.29 is 13.9 Å². The van der Waals surface area contributed by atoms with Crippen molar-refractivity contribution >= 4 is 8.60 Å². The highest BCUT2D eigenvalue weighted by Gasteiger charge is 2.26. The van der Waals surface area contributed by atoms with Crippen molar-refractivity contribution in [1.29, 1.82) is 0 Å². The first-order chi connectivity index (χ1) is 8.96. The lowest BCUT2D eigenvalue weighted by Gasteiger charge is -2.29. The molecule has 1 aromatic carbocycles. The van der Waals surface area contributed by atoms with Gasteiger partial charge in [0.1, 0.15) is 5.75 Å². The van der Waals surface area contributed by atoms with Crippen LogP contribution in [0.25, 0.3) is 0 Å². The van der Waals surface area contributed by atoms with Gasteiger partial charge >= 0.3 is 8.60 Å². The molecule has 3 nitrogen and oxygen atoms in total. The first kappa shape index (κ1) is 17.4. The van der Waals surface area contributed by atoms with Crippen molar-refractivity contribution in [3.63, 3.8) is 0 Å². The van der Waals surface area contributed by atoms with E-state index in [1.807, 2.05) is 6.92 Å². The van der Waals surface area contributed by atoms with Gasteiger partial charge in [0.25, 0.3) is 0 Å². The fraction of sp³-hybridized carbons (Fsp3) is 0.625. The van der Waals surface area contributed by atoms with Gasteiger partial charge in [-0.1, -0.05) is 53.7 Å². The first-order valence-corrected chi connectivity index (χ1v) is 7.96. The van der Waals surface area contributed by atoms with Gasteiger partial charge in [-0.3, -0.25) is 0 Å². The van der Waals surface area contributed by atoms with E-state index >= 15 is 0 Å². The van der Waals surface area contributed by atoms with Gasteiger partial charge in [-0.2, -0.15) is 0 Å². The highest BCUT2D eigenvalue weighted by atomic mass is 31.2. The number of hydrogen-bond donors (Lipinski definition) is 1. The van der Waals surface area contributed by atoms with E-state index in [0.29, 0.717) is 0 Å². The molecular formula is C16H27O3P. The molecule has 114 valence electrons. The third kappa shape index (κ3) is 4.18. The van der Waals surface area contributed by atoms with Crippen LogP contribution >= 0.6 is 8.60 Å². The van der Waals surface area contributed by atoms with E-state index in [0.717, 1.165) is 16.9 Å². The number of hydrogen-bond acceptors (Lipinski definition) is 3. The summed E-state index contributed by atoms with van der Waals surface area (Å²) in [6, 6.07) is 4.31. The third-order valence-corrected chi connectivity index (χ3v) is 3.93. The minimum absolute atomic E-state index is 0.0642. The average molecular weight is 298 g/mol. The van der Waals surface area contributed by atoms with Crippen LogP contribution in [0.5, 0.6) is 5.75 Å². The molecule has 1 atom stereocenters. The van der Waals surface area contributed by atoms with Crippen LogP contribution in [0.3, 0.4) is 0 Å². The second kappa shape index (κ2) is 6.01. The summed E-state index contributed by atoms with van der Waals surface area (Å²) < 4.78 is 10.5. The maximum absolute atomic E-state index is 9.68. The second-order valence-electron chi connectivity index (χ2n) is 7.18. The van der Waals surface area contributed by atoms with E-state index in [2.05, 4.69) is 53.7 Å². The molecule has 0 fully saturated rings. The summed E-state index contributed by atoms with van der Waals surface area (Å²) in [5.41, 5.74) is 3.41. The van der Waals surface area contributed by atoms with Crippen LogP contribution in [-0.2, 0) is 15.4 Å². The molecule has 0 aliphatic carbocycles. The van der Waals surface area contributed by atoms with E-state index in [-0.39, 0.29) is 10.8 Å². The van der Waals surface area contributed by atoms with Crippen LogP contribution in [0.2, 0.25) is 0 Å². The maximum atomic E-state index is 9.68. The lowest BCUT2D eigenvalue weighted by Crippen LogP contribution is -2.18.